The van der Waals surface area contributed by atoms with Gasteiger partial charge in [0.2, 0.25) is 0 Å². The maximum Gasteiger partial charge on any atom is 0.514 e. The van der Waals surface area contributed by atoms with Crippen LogP contribution >= 0.6 is 15.9 Å². The van der Waals surface area contributed by atoms with Gasteiger partial charge in [-0.05, 0) is 24.8 Å². The maximum atomic E-state index is 12.3. The first-order chi connectivity index (χ1) is 9.81. The van der Waals surface area contributed by atoms with Gasteiger partial charge in [-0.2, -0.15) is 4.79 Å². The summed E-state index contributed by atoms with van der Waals surface area (Å²) in [5.74, 6) is 0. The number of alkyl halides is 1. The van der Waals surface area contributed by atoms with Crippen molar-refractivity contribution in [2.24, 2.45) is 0 Å². The fourth-order valence-corrected chi connectivity index (χ4v) is 3.13. The Morgan fingerprint density at radius 2 is 2.10 bits per heavy atom. The van der Waals surface area contributed by atoms with E-state index in [4.69, 9.17) is 4.74 Å². The van der Waals surface area contributed by atoms with Gasteiger partial charge in [-0.3, -0.25) is 0 Å². The molecule has 0 saturated carbocycles. The molecule has 1 aromatic carbocycles. The van der Waals surface area contributed by atoms with Gasteiger partial charge in [0.15, 0.2) is 0 Å². The number of nitrogens with one attached hydrogen (secondary N) is 1. The molecule has 1 aromatic rings. The van der Waals surface area contributed by atoms with E-state index >= 15 is 0 Å². The molecule has 2 atom stereocenters. The van der Waals surface area contributed by atoms with Gasteiger partial charge < -0.3 is 4.74 Å². The van der Waals surface area contributed by atoms with Gasteiger partial charge in [0.05, 0.1) is 12.6 Å². The number of likely N-dealkylation sites (tertiary alicyclic amines) is 1. The van der Waals surface area contributed by atoms with Crippen LogP contribution in [-0.2, 0) is 11.3 Å². The number of hydrogen-bond acceptors (Lipinski definition) is 2. The van der Waals surface area contributed by atoms with Gasteiger partial charge in [-0.15, -0.1) is 0 Å². The fraction of sp³-hybridized carbons (Fsp3) is 0.562. The van der Waals surface area contributed by atoms with Crippen LogP contribution in [0.4, 0.5) is 4.79 Å². The van der Waals surface area contributed by atoms with Crippen molar-refractivity contribution in [2.75, 3.05) is 11.9 Å². The van der Waals surface area contributed by atoms with Crippen molar-refractivity contribution < 1.29 is 14.4 Å². The molecule has 1 heterocycles. The molecule has 20 heavy (non-hydrogen) atoms. The van der Waals surface area contributed by atoms with Gasteiger partial charge in [0.1, 0.15) is 6.61 Å². The van der Waals surface area contributed by atoms with Crippen molar-refractivity contribution in [3.05, 3.63) is 35.9 Å². The average molecular weight is 341 g/mol. The summed E-state index contributed by atoms with van der Waals surface area (Å²) >= 11 is 3.47. The summed E-state index contributed by atoms with van der Waals surface area (Å²) in [6.07, 6.45) is 5.65. The summed E-state index contributed by atoms with van der Waals surface area (Å²) < 4.78 is 5.49. The predicted octanol–water partition coefficient (Wildman–Crippen LogP) is 2.94. The number of alkyl carbamates (subject to hydrolysis) is 2. The van der Waals surface area contributed by atoms with Crippen LogP contribution in [0, 0.1) is 0 Å². The number of benzene rings is 1. The topological polar surface area (TPSA) is 30.7 Å². The van der Waals surface area contributed by atoms with Crippen LogP contribution in [0.2, 0.25) is 0 Å². The Kier molecular flexibility index (Phi) is 6.54. The number of rotatable bonds is 5. The molecule has 1 aliphatic heterocycles. The zero-order chi connectivity index (χ0) is 14.2. The highest BCUT2D eigenvalue weighted by Gasteiger charge is 2.32. The number of amides is 1. The Bertz CT molecular complexity index is 410. The minimum Gasteiger partial charge on any atom is -0.415 e. The van der Waals surface area contributed by atoms with Gasteiger partial charge in [-0.25, -0.2) is 4.90 Å². The van der Waals surface area contributed by atoms with Crippen LogP contribution in [0.3, 0.4) is 0 Å². The molecule has 4 heteroatoms. The molecule has 1 N–H and O–H groups in total. The van der Waals surface area contributed by atoms with E-state index in [2.05, 4.69) is 15.9 Å². The number of carbonyl (C=O) groups excluding carboxylic acids is 1. The van der Waals surface area contributed by atoms with E-state index < -0.39 is 0 Å². The van der Waals surface area contributed by atoms with E-state index in [1.807, 2.05) is 30.3 Å². The second-order valence-corrected chi connectivity index (χ2v) is 6.15. The van der Waals surface area contributed by atoms with Gasteiger partial charge in [0, 0.05) is 18.2 Å². The first-order valence-electron chi connectivity index (χ1n) is 7.44. The third kappa shape index (κ3) is 4.60. The van der Waals surface area contributed by atoms with E-state index in [9.17, 15) is 4.79 Å². The van der Waals surface area contributed by atoms with Crippen LogP contribution in [0.5, 0.6) is 0 Å². The standard InChI is InChI=1S/C16H22BrNO2/c17-11-6-10-15-9-4-5-12-18(15)16(19)20-13-14-7-2-1-3-8-14/h1-3,7-8,15H,4-6,9-13H2/p+1. The lowest BCUT2D eigenvalue weighted by atomic mass is 9.99. The lowest BCUT2D eigenvalue weighted by Crippen LogP contribution is -3.18. The lowest BCUT2D eigenvalue weighted by Gasteiger charge is -2.29. The van der Waals surface area contributed by atoms with Crippen molar-refractivity contribution in [1.29, 1.82) is 0 Å². The highest BCUT2D eigenvalue weighted by Crippen LogP contribution is 2.10. The molecule has 1 aliphatic rings. The molecule has 0 aromatic heterocycles. The summed E-state index contributed by atoms with van der Waals surface area (Å²) in [6, 6.07) is 10.3. The second kappa shape index (κ2) is 8.42. The Balaban J connectivity index is 1.85. The third-order valence-electron chi connectivity index (χ3n) is 3.90. The molecule has 0 spiro atoms. The molecule has 0 bridgehead atoms. The molecule has 1 fully saturated rings. The summed E-state index contributed by atoms with van der Waals surface area (Å²) in [6.45, 7) is 1.30. The van der Waals surface area contributed by atoms with Gasteiger partial charge in [-0.1, -0.05) is 46.3 Å². The molecule has 110 valence electrons. The zero-order valence-electron chi connectivity index (χ0n) is 11.8. The van der Waals surface area contributed by atoms with E-state index in [0.717, 1.165) is 48.0 Å². The number of ether oxygens (including phenoxy) is 1. The molecular weight excluding hydrogens is 318 g/mol. The monoisotopic (exact) mass is 340 g/mol. The van der Waals surface area contributed by atoms with Crippen molar-refractivity contribution in [1.82, 2.24) is 0 Å². The molecule has 1 amide bonds. The number of halogens is 1. The van der Waals surface area contributed by atoms with Crippen molar-refractivity contribution in [3.63, 3.8) is 0 Å². The average Bonchev–Trinajstić information content (AvgIpc) is 2.52. The molecule has 1 saturated heterocycles. The third-order valence-corrected chi connectivity index (χ3v) is 4.46. The quantitative estimate of drug-likeness (QED) is 0.835. The van der Waals surface area contributed by atoms with Crippen LogP contribution in [0.1, 0.15) is 37.7 Å². The predicted molar refractivity (Wildman–Crippen MR) is 83.1 cm³/mol. The van der Waals surface area contributed by atoms with Gasteiger partial charge >= 0.3 is 6.09 Å². The van der Waals surface area contributed by atoms with Crippen LogP contribution in [0.15, 0.2) is 30.3 Å². The lowest BCUT2D eigenvalue weighted by molar-refractivity contribution is -0.858. The Hall–Kier alpha value is -0.870. The smallest absolute Gasteiger partial charge is 0.415 e. The SMILES string of the molecule is O=C(OCc1ccccc1)[NH+]1CCCCC1CCCBr. The van der Waals surface area contributed by atoms with Crippen LogP contribution in [0.25, 0.3) is 0 Å². The van der Waals surface area contributed by atoms with E-state index in [1.165, 1.54) is 6.42 Å². The number of carbonyl (C=O) groups is 1. The minimum absolute atomic E-state index is 0.0758. The highest BCUT2D eigenvalue weighted by atomic mass is 79.9. The molecule has 2 rings (SSSR count). The molecular formula is C16H23BrNO2+. The summed E-state index contributed by atoms with van der Waals surface area (Å²) in [5, 5.41) is 1.01. The number of quaternary nitrogens is 1. The van der Waals surface area contributed by atoms with Crippen LogP contribution < -0.4 is 4.90 Å². The maximum absolute atomic E-state index is 12.3. The first-order valence-corrected chi connectivity index (χ1v) is 8.56. The van der Waals surface area contributed by atoms with Crippen molar-refractivity contribution in [3.8, 4) is 0 Å². The largest absolute Gasteiger partial charge is 0.514 e. The molecule has 3 nitrogen and oxygen atoms in total. The summed E-state index contributed by atoms with van der Waals surface area (Å²) in [5.41, 5.74) is 1.05. The normalized spacial score (nSPS) is 22.4. The van der Waals surface area contributed by atoms with E-state index in [-0.39, 0.29) is 6.09 Å². The molecule has 2 unspecified atom stereocenters. The van der Waals surface area contributed by atoms with Crippen LogP contribution in [-0.4, -0.2) is 24.0 Å². The van der Waals surface area contributed by atoms with E-state index in [1.54, 1.807) is 0 Å². The van der Waals surface area contributed by atoms with E-state index in [0.29, 0.717) is 12.6 Å². The highest BCUT2D eigenvalue weighted by molar-refractivity contribution is 9.09. The minimum atomic E-state index is -0.0758. The van der Waals surface area contributed by atoms with Crippen molar-refractivity contribution in [2.45, 2.75) is 44.8 Å². The Labute approximate surface area is 129 Å². The molecule has 0 aliphatic carbocycles. The zero-order valence-corrected chi connectivity index (χ0v) is 13.4. The first kappa shape index (κ1) is 15.5. The summed E-state index contributed by atoms with van der Waals surface area (Å²) in [4.78, 5) is 13.3. The molecule has 0 radical (unpaired) electrons. The van der Waals surface area contributed by atoms with Gasteiger partial charge in [0.25, 0.3) is 0 Å². The Morgan fingerprint density at radius 3 is 2.85 bits per heavy atom. The number of hydrogen-bond donors (Lipinski definition) is 1. The summed E-state index contributed by atoms with van der Waals surface area (Å²) in [7, 11) is 0. The number of piperidine rings is 1. The van der Waals surface area contributed by atoms with Crippen molar-refractivity contribution >= 4 is 22.0 Å². The fourth-order valence-electron chi connectivity index (χ4n) is 2.81. The second-order valence-electron chi connectivity index (χ2n) is 5.36. The Morgan fingerprint density at radius 1 is 1.30 bits per heavy atom.